The summed E-state index contributed by atoms with van der Waals surface area (Å²) >= 11 is 0. The molecule has 39 heavy (non-hydrogen) atoms. The number of fused-ring (bicyclic) bond motifs is 2. The van der Waals surface area contributed by atoms with Crippen LogP contribution in [0.15, 0.2) is 49.1 Å². The van der Waals surface area contributed by atoms with Gasteiger partial charge in [-0.1, -0.05) is 63.4 Å². The minimum atomic E-state index is 0.0475. The Balaban J connectivity index is 1.58. The smallest absolute Gasteiger partial charge is 0.222 e. The van der Waals surface area contributed by atoms with Gasteiger partial charge in [-0.3, -0.25) is 14.7 Å². The van der Waals surface area contributed by atoms with Crippen molar-refractivity contribution in [3.05, 3.63) is 82.7 Å². The first kappa shape index (κ1) is 27.3. The Morgan fingerprint density at radius 3 is 2.62 bits per heavy atom. The third-order valence-electron chi connectivity index (χ3n) is 8.30. The lowest BCUT2D eigenvalue weighted by molar-refractivity contribution is -0.133. The molecule has 0 N–H and O–H groups in total. The molecule has 1 aromatic carbocycles. The van der Waals surface area contributed by atoms with Gasteiger partial charge in [0, 0.05) is 63.7 Å². The van der Waals surface area contributed by atoms with Crippen molar-refractivity contribution in [2.75, 3.05) is 26.2 Å². The molecular weight excluding hydrogens is 482 g/mol. The number of carbonyl (C=O) groups is 1. The van der Waals surface area contributed by atoms with Crippen molar-refractivity contribution >= 4 is 17.6 Å². The quantitative estimate of drug-likeness (QED) is 0.350. The number of benzene rings is 1. The SMILES string of the molecule is CCCCC(C1=Cc2cccnc2C(N2CCN(C(=O)CC(C)C)CC2)c2ccc(C)cc21)c1cncn1C. The summed E-state index contributed by atoms with van der Waals surface area (Å²) in [5.74, 6) is 0.905. The lowest BCUT2D eigenvalue weighted by Crippen LogP contribution is -2.50. The van der Waals surface area contributed by atoms with Gasteiger partial charge in [0.15, 0.2) is 0 Å². The van der Waals surface area contributed by atoms with E-state index in [4.69, 9.17) is 4.98 Å². The van der Waals surface area contributed by atoms with Crippen molar-refractivity contribution < 1.29 is 4.79 Å². The molecule has 2 aliphatic rings. The summed E-state index contributed by atoms with van der Waals surface area (Å²) in [7, 11) is 2.11. The van der Waals surface area contributed by atoms with E-state index in [1.165, 1.54) is 33.5 Å². The first-order valence-electron chi connectivity index (χ1n) is 14.6. The van der Waals surface area contributed by atoms with E-state index in [2.05, 4.69) is 90.5 Å². The predicted molar refractivity (Wildman–Crippen MR) is 158 cm³/mol. The van der Waals surface area contributed by atoms with Gasteiger partial charge in [0.05, 0.1) is 18.1 Å². The Morgan fingerprint density at radius 2 is 1.92 bits per heavy atom. The molecule has 1 amide bonds. The van der Waals surface area contributed by atoms with Gasteiger partial charge in [0.2, 0.25) is 5.91 Å². The van der Waals surface area contributed by atoms with E-state index >= 15 is 0 Å². The molecule has 2 atom stereocenters. The van der Waals surface area contributed by atoms with Crippen LogP contribution in [0.3, 0.4) is 0 Å². The number of pyridine rings is 1. The molecule has 1 aliphatic heterocycles. The zero-order valence-electron chi connectivity index (χ0n) is 24.2. The number of piperazine rings is 1. The molecule has 206 valence electrons. The topological polar surface area (TPSA) is 54.3 Å². The van der Waals surface area contributed by atoms with Gasteiger partial charge in [0.1, 0.15) is 0 Å². The second-order valence-electron chi connectivity index (χ2n) is 11.7. The molecule has 0 saturated carbocycles. The van der Waals surface area contributed by atoms with Gasteiger partial charge in [-0.2, -0.15) is 0 Å². The van der Waals surface area contributed by atoms with E-state index in [0.29, 0.717) is 12.3 Å². The van der Waals surface area contributed by atoms with Gasteiger partial charge >= 0.3 is 0 Å². The fourth-order valence-electron chi connectivity index (χ4n) is 6.27. The first-order valence-corrected chi connectivity index (χ1v) is 14.6. The number of rotatable bonds is 8. The number of hydrogen-bond acceptors (Lipinski definition) is 4. The van der Waals surface area contributed by atoms with Crippen molar-refractivity contribution in [3.63, 3.8) is 0 Å². The van der Waals surface area contributed by atoms with Crippen LogP contribution in [-0.2, 0) is 11.8 Å². The average Bonchev–Trinajstić information content (AvgIpc) is 3.29. The first-order chi connectivity index (χ1) is 18.9. The minimum absolute atomic E-state index is 0.0475. The molecule has 5 rings (SSSR count). The Morgan fingerprint density at radius 1 is 1.13 bits per heavy atom. The van der Waals surface area contributed by atoms with Crippen LogP contribution < -0.4 is 0 Å². The molecule has 2 unspecified atom stereocenters. The molecule has 2 aromatic heterocycles. The Labute approximate surface area is 233 Å². The molecule has 3 aromatic rings. The summed E-state index contributed by atoms with van der Waals surface area (Å²) in [6, 6.07) is 11.3. The second kappa shape index (κ2) is 11.9. The van der Waals surface area contributed by atoms with Gasteiger partial charge in [-0.25, -0.2) is 4.98 Å². The van der Waals surface area contributed by atoms with Crippen LogP contribution in [0, 0.1) is 12.8 Å². The number of aryl methyl sites for hydroxylation is 2. The standard InChI is InChI=1S/C33H43N5O/c1-6-7-10-26(30-21-34-22-36(30)5)29-20-25-9-8-13-35-32(25)33(27-12-11-24(4)19-28(27)29)38-16-14-37(15-17-38)31(39)18-23(2)3/h8-9,11-13,19-23,26,33H,6-7,10,14-18H2,1-5H3. The maximum atomic E-state index is 12.8. The summed E-state index contributed by atoms with van der Waals surface area (Å²) in [6.07, 6.45) is 12.3. The highest BCUT2D eigenvalue weighted by molar-refractivity contribution is 5.89. The molecule has 0 spiro atoms. The molecule has 6 nitrogen and oxygen atoms in total. The molecule has 1 fully saturated rings. The maximum Gasteiger partial charge on any atom is 0.222 e. The van der Waals surface area contributed by atoms with E-state index in [0.717, 1.165) is 51.1 Å². The van der Waals surface area contributed by atoms with Gasteiger partial charge in [-0.15, -0.1) is 0 Å². The van der Waals surface area contributed by atoms with Crippen LogP contribution in [0.4, 0.5) is 0 Å². The molecule has 1 aliphatic carbocycles. The lowest BCUT2D eigenvalue weighted by atomic mass is 9.82. The summed E-state index contributed by atoms with van der Waals surface area (Å²) in [4.78, 5) is 26.9. The summed E-state index contributed by atoms with van der Waals surface area (Å²) in [5, 5.41) is 0. The second-order valence-corrected chi connectivity index (χ2v) is 11.7. The van der Waals surface area contributed by atoms with E-state index in [1.807, 2.05) is 18.7 Å². The number of carbonyl (C=O) groups excluding carboxylic acids is 1. The lowest BCUT2D eigenvalue weighted by Gasteiger charge is -2.40. The summed E-state index contributed by atoms with van der Waals surface area (Å²) in [5.41, 5.74) is 8.80. The Kier molecular flexibility index (Phi) is 8.31. The van der Waals surface area contributed by atoms with E-state index in [1.54, 1.807) is 0 Å². The monoisotopic (exact) mass is 525 g/mol. The van der Waals surface area contributed by atoms with Crippen LogP contribution in [0.1, 0.15) is 92.1 Å². The van der Waals surface area contributed by atoms with Crippen LogP contribution in [-0.4, -0.2) is 56.4 Å². The van der Waals surface area contributed by atoms with Crippen molar-refractivity contribution in [2.24, 2.45) is 13.0 Å². The number of hydrogen-bond donors (Lipinski definition) is 0. The predicted octanol–water partition coefficient (Wildman–Crippen LogP) is 6.23. The highest BCUT2D eigenvalue weighted by atomic mass is 16.2. The Hall–Kier alpha value is -3.25. The minimum Gasteiger partial charge on any atom is -0.340 e. The van der Waals surface area contributed by atoms with Gasteiger partial charge in [0.25, 0.3) is 0 Å². The van der Waals surface area contributed by atoms with E-state index < -0.39 is 0 Å². The number of nitrogens with zero attached hydrogens (tertiary/aromatic N) is 5. The van der Waals surface area contributed by atoms with Crippen molar-refractivity contribution in [1.82, 2.24) is 24.3 Å². The fourth-order valence-corrected chi connectivity index (χ4v) is 6.27. The summed E-state index contributed by atoms with van der Waals surface area (Å²) in [6.45, 7) is 11.9. The molecule has 6 heteroatoms. The van der Waals surface area contributed by atoms with Gasteiger partial charge in [-0.05, 0) is 53.7 Å². The number of allylic oxidation sites excluding steroid dienone is 1. The molecule has 0 radical (unpaired) electrons. The van der Waals surface area contributed by atoms with Crippen LogP contribution in [0.2, 0.25) is 0 Å². The molecule has 0 bridgehead atoms. The maximum absolute atomic E-state index is 12.8. The fraction of sp³-hybridized carbons (Fsp3) is 0.485. The zero-order valence-corrected chi connectivity index (χ0v) is 24.2. The molecular formula is C33H43N5O. The number of unbranched alkanes of at least 4 members (excludes halogenated alkanes) is 1. The van der Waals surface area contributed by atoms with Crippen LogP contribution in [0.5, 0.6) is 0 Å². The molecule has 1 saturated heterocycles. The number of amides is 1. The van der Waals surface area contributed by atoms with Crippen LogP contribution in [0.25, 0.3) is 11.6 Å². The zero-order chi connectivity index (χ0) is 27.5. The van der Waals surface area contributed by atoms with Gasteiger partial charge < -0.3 is 9.47 Å². The van der Waals surface area contributed by atoms with Crippen molar-refractivity contribution in [1.29, 1.82) is 0 Å². The van der Waals surface area contributed by atoms with Crippen molar-refractivity contribution in [3.8, 4) is 0 Å². The largest absolute Gasteiger partial charge is 0.340 e. The molecule has 3 heterocycles. The Bertz CT molecular complexity index is 1330. The summed E-state index contributed by atoms with van der Waals surface area (Å²) < 4.78 is 2.18. The van der Waals surface area contributed by atoms with E-state index in [-0.39, 0.29) is 17.9 Å². The average molecular weight is 526 g/mol. The highest BCUT2D eigenvalue weighted by Gasteiger charge is 2.35. The third kappa shape index (κ3) is 5.72. The number of imidazole rings is 1. The highest BCUT2D eigenvalue weighted by Crippen LogP contribution is 2.45. The number of aromatic nitrogens is 3. The van der Waals surface area contributed by atoms with Crippen LogP contribution >= 0.6 is 0 Å². The third-order valence-corrected chi connectivity index (χ3v) is 8.30. The van der Waals surface area contributed by atoms with Crippen molar-refractivity contribution in [2.45, 2.75) is 65.3 Å². The van der Waals surface area contributed by atoms with E-state index in [9.17, 15) is 4.79 Å². The normalized spacial score (nSPS) is 18.4.